The van der Waals surface area contributed by atoms with Gasteiger partial charge < -0.3 is 0 Å². The Kier molecular flexibility index (Phi) is 2.62. The van der Waals surface area contributed by atoms with Crippen LogP contribution in [-0.2, 0) is 5.54 Å². The van der Waals surface area contributed by atoms with Crippen LogP contribution in [0, 0.1) is 12.3 Å². The van der Waals surface area contributed by atoms with Crippen LogP contribution in [0.25, 0.3) is 0 Å². The molecule has 1 aromatic rings. The Morgan fingerprint density at radius 1 is 1.36 bits per heavy atom. The van der Waals surface area contributed by atoms with Gasteiger partial charge in [0.2, 0.25) is 0 Å². The van der Waals surface area contributed by atoms with Crippen LogP contribution >= 0.6 is 15.9 Å². The van der Waals surface area contributed by atoms with Crippen molar-refractivity contribution in [2.24, 2.45) is 0 Å². The van der Waals surface area contributed by atoms with Crippen molar-refractivity contribution in [3.63, 3.8) is 0 Å². The maximum Gasteiger partial charge on any atom is 0.0580 e. The predicted molar refractivity (Wildman–Crippen MR) is 61.9 cm³/mol. The summed E-state index contributed by atoms with van der Waals surface area (Å²) in [6, 6.07) is 8.46. The van der Waals surface area contributed by atoms with Gasteiger partial charge in [0.1, 0.15) is 0 Å². The molecule has 0 amide bonds. The molecule has 0 heterocycles. The first-order chi connectivity index (χ1) is 6.77. The molecule has 1 fully saturated rings. The average Bonchev–Trinajstić information content (AvgIpc) is 2.97. The van der Waals surface area contributed by atoms with Crippen LogP contribution in [0.1, 0.15) is 18.4 Å². The van der Waals surface area contributed by atoms with E-state index in [0.29, 0.717) is 6.54 Å². The van der Waals surface area contributed by atoms with Gasteiger partial charge in [0.15, 0.2) is 0 Å². The highest BCUT2D eigenvalue weighted by molar-refractivity contribution is 9.10. The Bertz CT molecular complexity index is 357. The van der Waals surface area contributed by atoms with Crippen molar-refractivity contribution in [3.8, 4) is 12.3 Å². The minimum Gasteiger partial charge on any atom is -0.297 e. The lowest BCUT2D eigenvalue weighted by Crippen LogP contribution is -2.28. The fraction of sp³-hybridized carbons (Fsp3) is 0.333. The summed E-state index contributed by atoms with van der Waals surface area (Å²) < 4.78 is 1.12. The van der Waals surface area contributed by atoms with Gasteiger partial charge in [-0.2, -0.15) is 0 Å². The highest BCUT2D eigenvalue weighted by Gasteiger charge is 2.43. The summed E-state index contributed by atoms with van der Waals surface area (Å²) in [5.74, 6) is 2.62. The Morgan fingerprint density at radius 3 is 2.50 bits per heavy atom. The first-order valence-corrected chi connectivity index (χ1v) is 5.51. The highest BCUT2D eigenvalue weighted by Crippen LogP contribution is 2.45. The Labute approximate surface area is 93.0 Å². The number of rotatable bonds is 3. The monoisotopic (exact) mass is 249 g/mol. The summed E-state index contributed by atoms with van der Waals surface area (Å²) in [6.07, 6.45) is 7.63. The van der Waals surface area contributed by atoms with E-state index in [-0.39, 0.29) is 5.54 Å². The van der Waals surface area contributed by atoms with Gasteiger partial charge in [-0.15, -0.1) is 6.42 Å². The molecule has 0 saturated heterocycles. The smallest absolute Gasteiger partial charge is 0.0580 e. The summed E-state index contributed by atoms with van der Waals surface area (Å²) in [7, 11) is 0. The molecule has 0 spiro atoms. The van der Waals surface area contributed by atoms with Gasteiger partial charge in [0, 0.05) is 10.0 Å². The van der Waals surface area contributed by atoms with Crippen molar-refractivity contribution in [2.75, 3.05) is 6.54 Å². The van der Waals surface area contributed by atoms with E-state index in [0.717, 1.165) is 4.47 Å². The van der Waals surface area contributed by atoms with Crippen molar-refractivity contribution in [1.82, 2.24) is 5.32 Å². The lowest BCUT2D eigenvalue weighted by atomic mass is 10.1. The second-order valence-electron chi connectivity index (χ2n) is 3.65. The van der Waals surface area contributed by atoms with E-state index in [2.05, 4.69) is 51.4 Å². The minimum absolute atomic E-state index is 0.174. The largest absolute Gasteiger partial charge is 0.297 e. The van der Waals surface area contributed by atoms with Gasteiger partial charge in [-0.25, -0.2) is 0 Å². The van der Waals surface area contributed by atoms with E-state index in [9.17, 15) is 0 Å². The molecule has 0 bridgehead atoms. The molecule has 1 aliphatic carbocycles. The Hall–Kier alpha value is -0.780. The number of hydrogen-bond donors (Lipinski definition) is 1. The number of halogens is 1. The van der Waals surface area contributed by atoms with Crippen molar-refractivity contribution in [1.29, 1.82) is 0 Å². The van der Waals surface area contributed by atoms with Gasteiger partial charge in [-0.3, -0.25) is 5.32 Å². The molecule has 72 valence electrons. The van der Waals surface area contributed by atoms with Crippen molar-refractivity contribution < 1.29 is 0 Å². The summed E-state index contributed by atoms with van der Waals surface area (Å²) in [6.45, 7) is 0.649. The molecule has 0 aliphatic heterocycles. The summed E-state index contributed by atoms with van der Waals surface area (Å²) >= 11 is 3.43. The molecule has 2 rings (SSSR count). The van der Waals surface area contributed by atoms with Crippen molar-refractivity contribution >= 4 is 15.9 Å². The van der Waals surface area contributed by atoms with E-state index in [4.69, 9.17) is 6.42 Å². The second-order valence-corrected chi connectivity index (χ2v) is 4.56. The fourth-order valence-electron chi connectivity index (χ4n) is 1.68. The molecule has 2 heteroatoms. The zero-order valence-electron chi connectivity index (χ0n) is 7.89. The van der Waals surface area contributed by atoms with Crippen LogP contribution in [0.4, 0.5) is 0 Å². The van der Waals surface area contributed by atoms with Gasteiger partial charge >= 0.3 is 0 Å². The molecule has 1 aromatic carbocycles. The fourth-order valence-corrected chi connectivity index (χ4v) is 1.95. The third kappa shape index (κ3) is 1.84. The van der Waals surface area contributed by atoms with Gasteiger partial charge in [0.05, 0.1) is 6.54 Å². The van der Waals surface area contributed by atoms with Crippen LogP contribution in [0.5, 0.6) is 0 Å². The van der Waals surface area contributed by atoms with E-state index in [1.807, 2.05) is 0 Å². The maximum absolute atomic E-state index is 5.25. The van der Waals surface area contributed by atoms with E-state index in [1.54, 1.807) is 0 Å². The van der Waals surface area contributed by atoms with E-state index in [1.165, 1.54) is 18.4 Å². The van der Waals surface area contributed by atoms with Gasteiger partial charge in [-0.1, -0.05) is 34.0 Å². The molecule has 1 N–H and O–H groups in total. The van der Waals surface area contributed by atoms with Crippen LogP contribution in [0.15, 0.2) is 28.7 Å². The maximum atomic E-state index is 5.25. The van der Waals surface area contributed by atoms with Gasteiger partial charge in [-0.05, 0) is 30.5 Å². The molecule has 0 aromatic heterocycles. The van der Waals surface area contributed by atoms with Crippen LogP contribution in [-0.4, -0.2) is 6.54 Å². The standard InChI is InChI=1S/C12H12BrN/c1-2-9-14-12(7-8-12)10-3-5-11(13)6-4-10/h1,3-6,14H,7-9H2. The molecule has 1 saturated carbocycles. The SMILES string of the molecule is C#CCNC1(c2ccc(Br)cc2)CC1. The number of hydrogen-bond acceptors (Lipinski definition) is 1. The lowest BCUT2D eigenvalue weighted by molar-refractivity contribution is 0.560. The lowest BCUT2D eigenvalue weighted by Gasteiger charge is -2.16. The first kappa shape index (κ1) is 9.76. The normalized spacial score (nSPS) is 17.4. The molecule has 1 aliphatic rings. The molecule has 0 radical (unpaired) electrons. The zero-order chi connectivity index (χ0) is 10.0. The molecule has 1 nitrogen and oxygen atoms in total. The number of terminal acetylenes is 1. The highest BCUT2D eigenvalue weighted by atomic mass is 79.9. The van der Waals surface area contributed by atoms with Crippen LogP contribution in [0.3, 0.4) is 0 Å². The predicted octanol–water partition coefficient (Wildman–Crippen LogP) is 2.66. The number of nitrogens with one attached hydrogen (secondary N) is 1. The Balaban J connectivity index is 2.15. The average molecular weight is 250 g/mol. The summed E-state index contributed by atoms with van der Waals surface area (Å²) in [4.78, 5) is 0. The van der Waals surface area contributed by atoms with E-state index < -0.39 is 0 Å². The number of benzene rings is 1. The van der Waals surface area contributed by atoms with Gasteiger partial charge in [0.25, 0.3) is 0 Å². The topological polar surface area (TPSA) is 12.0 Å². The zero-order valence-corrected chi connectivity index (χ0v) is 9.47. The van der Waals surface area contributed by atoms with Crippen LogP contribution < -0.4 is 5.32 Å². The molecule has 0 atom stereocenters. The second kappa shape index (κ2) is 3.76. The van der Waals surface area contributed by atoms with Crippen molar-refractivity contribution in [3.05, 3.63) is 34.3 Å². The molecule has 14 heavy (non-hydrogen) atoms. The third-order valence-corrected chi connectivity index (χ3v) is 3.20. The quantitative estimate of drug-likeness (QED) is 0.813. The summed E-state index contributed by atoms with van der Waals surface area (Å²) in [5, 5.41) is 3.40. The molecule has 0 unspecified atom stereocenters. The molecular weight excluding hydrogens is 238 g/mol. The summed E-state index contributed by atoms with van der Waals surface area (Å²) in [5.41, 5.74) is 1.52. The third-order valence-electron chi connectivity index (χ3n) is 2.68. The minimum atomic E-state index is 0.174. The molecular formula is C12H12BrN. The van der Waals surface area contributed by atoms with E-state index >= 15 is 0 Å². The first-order valence-electron chi connectivity index (χ1n) is 4.71. The van der Waals surface area contributed by atoms with Crippen LogP contribution in [0.2, 0.25) is 0 Å². The Morgan fingerprint density at radius 2 is 2.00 bits per heavy atom. The van der Waals surface area contributed by atoms with Crippen molar-refractivity contribution in [2.45, 2.75) is 18.4 Å².